The first-order valence-electron chi connectivity index (χ1n) is 7.18. The number of hydrogen-bond acceptors (Lipinski definition) is 7. The molecular formula is C13H26O7PS+. The van der Waals surface area contributed by atoms with Crippen molar-refractivity contribution in [3.63, 3.8) is 0 Å². The smallest absolute Gasteiger partial charge is 0.400 e. The van der Waals surface area contributed by atoms with Gasteiger partial charge in [0.15, 0.2) is 0 Å². The number of hydrogen-bond donors (Lipinski definition) is 0. The molecule has 0 saturated heterocycles. The number of carbonyl (C=O) groups excluding carboxylic acids is 1. The van der Waals surface area contributed by atoms with Crippen LogP contribution in [0.4, 0.5) is 0 Å². The molecule has 0 spiro atoms. The summed E-state index contributed by atoms with van der Waals surface area (Å²) in [6.45, 7) is 7.71. The minimum atomic E-state index is -3.70. The molecule has 130 valence electrons. The molecule has 7 nitrogen and oxygen atoms in total. The fourth-order valence-corrected chi connectivity index (χ4v) is 4.17. The van der Waals surface area contributed by atoms with Crippen LogP contribution in [-0.4, -0.2) is 46.0 Å². The monoisotopic (exact) mass is 357 g/mol. The molecule has 0 N–H and O–H groups in total. The van der Waals surface area contributed by atoms with E-state index in [0.717, 1.165) is 6.26 Å². The van der Waals surface area contributed by atoms with E-state index in [9.17, 15) is 17.8 Å². The van der Waals surface area contributed by atoms with Gasteiger partial charge in [-0.3, -0.25) is 4.79 Å². The summed E-state index contributed by atoms with van der Waals surface area (Å²) in [6, 6.07) is 0. The third kappa shape index (κ3) is 8.78. The van der Waals surface area contributed by atoms with Gasteiger partial charge in [0.1, 0.15) is 5.92 Å². The second-order valence-corrected chi connectivity index (χ2v) is 8.45. The molecule has 0 bridgehead atoms. The van der Waals surface area contributed by atoms with E-state index < -0.39 is 42.0 Å². The molecule has 0 heterocycles. The summed E-state index contributed by atoms with van der Waals surface area (Å²) in [5.74, 6) is -1.97. The van der Waals surface area contributed by atoms with E-state index in [4.69, 9.17) is 9.47 Å². The minimum absolute atomic E-state index is 0.164. The van der Waals surface area contributed by atoms with Crippen LogP contribution < -0.4 is 0 Å². The predicted molar refractivity (Wildman–Crippen MR) is 83.4 cm³/mol. The van der Waals surface area contributed by atoms with Gasteiger partial charge in [-0.1, -0.05) is 18.4 Å². The van der Waals surface area contributed by atoms with Gasteiger partial charge in [-0.25, -0.2) is 4.18 Å². The van der Waals surface area contributed by atoms with Gasteiger partial charge in [-0.05, 0) is 26.2 Å². The molecule has 0 aromatic carbocycles. The normalized spacial score (nSPS) is 15.5. The Hall–Kier alpha value is -0.560. The fraction of sp³-hybridized carbons (Fsp3) is 0.923. The molecule has 9 heteroatoms. The van der Waals surface area contributed by atoms with Crippen LogP contribution in [0.15, 0.2) is 0 Å². The van der Waals surface area contributed by atoms with Crippen LogP contribution >= 0.6 is 7.80 Å². The quantitative estimate of drug-likeness (QED) is 0.318. The van der Waals surface area contributed by atoms with Crippen molar-refractivity contribution in [2.75, 3.05) is 25.8 Å². The van der Waals surface area contributed by atoms with Gasteiger partial charge in [-0.15, -0.1) is 0 Å². The van der Waals surface area contributed by atoms with E-state index in [0.29, 0.717) is 6.42 Å². The van der Waals surface area contributed by atoms with Gasteiger partial charge >= 0.3 is 13.8 Å². The molecule has 0 amide bonds. The van der Waals surface area contributed by atoms with Crippen molar-refractivity contribution < 1.29 is 31.4 Å². The summed E-state index contributed by atoms with van der Waals surface area (Å²) in [5.41, 5.74) is 0. The second-order valence-electron chi connectivity index (χ2n) is 5.20. The minimum Gasteiger partial charge on any atom is -0.466 e. The Labute approximate surface area is 133 Å². The van der Waals surface area contributed by atoms with E-state index >= 15 is 0 Å². The molecule has 22 heavy (non-hydrogen) atoms. The van der Waals surface area contributed by atoms with Crippen molar-refractivity contribution in [2.24, 2.45) is 11.8 Å². The Morgan fingerprint density at radius 1 is 1.18 bits per heavy atom. The standard InChI is InChI=1S/C13H26O7PS/c1-6-18-12(14)11(8-10(3)4)13(19-7-2)21(15)9-20-22(5,16)17/h10-11,13H,6-9H2,1-5H3/q+1. The lowest BCUT2D eigenvalue weighted by Crippen LogP contribution is -2.32. The highest BCUT2D eigenvalue weighted by Crippen LogP contribution is 2.38. The van der Waals surface area contributed by atoms with Crippen LogP contribution in [0.25, 0.3) is 0 Å². The average Bonchev–Trinajstić information content (AvgIpc) is 2.39. The Morgan fingerprint density at radius 2 is 1.77 bits per heavy atom. The molecule has 0 aromatic heterocycles. The number of ether oxygens (including phenoxy) is 2. The van der Waals surface area contributed by atoms with Crippen LogP contribution in [-0.2, 0) is 33.1 Å². The first-order chi connectivity index (χ1) is 10.1. The van der Waals surface area contributed by atoms with Crippen molar-refractivity contribution in [3.8, 4) is 0 Å². The summed E-state index contributed by atoms with van der Waals surface area (Å²) in [4.78, 5) is 12.1. The van der Waals surface area contributed by atoms with Crippen molar-refractivity contribution >= 4 is 23.9 Å². The van der Waals surface area contributed by atoms with Crippen LogP contribution in [0.1, 0.15) is 34.1 Å². The van der Waals surface area contributed by atoms with E-state index in [1.54, 1.807) is 13.8 Å². The average molecular weight is 357 g/mol. The third-order valence-corrected chi connectivity index (χ3v) is 4.86. The topological polar surface area (TPSA) is 96.0 Å². The van der Waals surface area contributed by atoms with Crippen LogP contribution in [0.5, 0.6) is 0 Å². The molecule has 0 aliphatic heterocycles. The lowest BCUT2D eigenvalue weighted by molar-refractivity contribution is -0.152. The second kappa shape index (κ2) is 10.3. The summed E-state index contributed by atoms with van der Waals surface area (Å²) >= 11 is 0. The summed E-state index contributed by atoms with van der Waals surface area (Å²) < 4.78 is 49.4. The first-order valence-corrected chi connectivity index (χ1v) is 10.5. The van der Waals surface area contributed by atoms with E-state index in [2.05, 4.69) is 4.18 Å². The highest BCUT2D eigenvalue weighted by Gasteiger charge is 2.44. The van der Waals surface area contributed by atoms with E-state index in [1.807, 2.05) is 13.8 Å². The Bertz CT molecular complexity index is 461. The van der Waals surface area contributed by atoms with E-state index in [1.165, 1.54) is 0 Å². The zero-order valence-electron chi connectivity index (χ0n) is 13.8. The van der Waals surface area contributed by atoms with Crippen molar-refractivity contribution in [2.45, 2.75) is 40.0 Å². The number of esters is 1. The zero-order chi connectivity index (χ0) is 17.3. The molecular weight excluding hydrogens is 331 g/mol. The van der Waals surface area contributed by atoms with Crippen molar-refractivity contribution in [1.29, 1.82) is 0 Å². The molecule has 0 radical (unpaired) electrons. The summed E-state index contributed by atoms with van der Waals surface area (Å²) in [5, 5.41) is 0. The Morgan fingerprint density at radius 3 is 2.18 bits per heavy atom. The molecule has 3 atom stereocenters. The van der Waals surface area contributed by atoms with Gasteiger partial charge in [0.2, 0.25) is 0 Å². The largest absolute Gasteiger partial charge is 0.466 e. The number of rotatable bonds is 11. The molecule has 3 unspecified atom stereocenters. The maximum Gasteiger partial charge on any atom is 0.400 e. The highest BCUT2D eigenvalue weighted by atomic mass is 32.2. The van der Waals surface area contributed by atoms with Gasteiger partial charge in [-0.2, -0.15) is 8.42 Å². The lowest BCUT2D eigenvalue weighted by atomic mass is 9.97. The zero-order valence-corrected chi connectivity index (χ0v) is 15.5. The van der Waals surface area contributed by atoms with Gasteiger partial charge < -0.3 is 9.47 Å². The van der Waals surface area contributed by atoms with E-state index in [-0.39, 0.29) is 19.1 Å². The predicted octanol–water partition coefficient (Wildman–Crippen LogP) is 2.34. The lowest BCUT2D eigenvalue weighted by Gasteiger charge is -2.20. The number of carbonyl (C=O) groups is 1. The Kier molecular flexibility index (Phi) is 10.00. The maximum atomic E-state index is 12.3. The maximum absolute atomic E-state index is 12.3. The molecule has 0 saturated carbocycles. The highest BCUT2D eigenvalue weighted by molar-refractivity contribution is 7.86. The van der Waals surface area contributed by atoms with Crippen molar-refractivity contribution in [1.82, 2.24) is 0 Å². The molecule has 0 aliphatic rings. The Balaban J connectivity index is 5.16. The molecule has 0 aromatic rings. The molecule has 0 aliphatic carbocycles. The van der Waals surface area contributed by atoms with Crippen molar-refractivity contribution in [3.05, 3.63) is 0 Å². The van der Waals surface area contributed by atoms with Crippen LogP contribution in [0.2, 0.25) is 0 Å². The van der Waals surface area contributed by atoms with Gasteiger partial charge in [0.05, 0.1) is 12.9 Å². The molecule has 0 fully saturated rings. The molecule has 0 rings (SSSR count). The SMILES string of the molecule is CCOC(=O)C(CC(C)C)C(OCC)[P+](=O)COS(C)(=O)=O. The first kappa shape index (κ1) is 21.4. The fourth-order valence-electron chi connectivity index (χ4n) is 1.88. The third-order valence-electron chi connectivity index (χ3n) is 2.67. The van der Waals surface area contributed by atoms with Gasteiger partial charge in [0, 0.05) is 6.61 Å². The van der Waals surface area contributed by atoms with Crippen LogP contribution in [0, 0.1) is 11.8 Å². The van der Waals surface area contributed by atoms with Crippen LogP contribution in [0.3, 0.4) is 0 Å². The summed E-state index contributed by atoms with van der Waals surface area (Å²) in [6.07, 6.45) is 0.805. The summed E-state index contributed by atoms with van der Waals surface area (Å²) in [7, 11) is -5.90. The van der Waals surface area contributed by atoms with Gasteiger partial charge in [0.25, 0.3) is 22.3 Å².